The number of benzene rings is 2. The molecule has 0 aliphatic carbocycles. The molecular weight excluding hydrogens is 236 g/mol. The van der Waals surface area contributed by atoms with Gasteiger partial charge in [-0.3, -0.25) is 0 Å². The Kier molecular flexibility index (Phi) is 2.42. The van der Waals surface area contributed by atoms with Crippen molar-refractivity contribution in [3.05, 3.63) is 53.0 Å². The summed E-state index contributed by atoms with van der Waals surface area (Å²) in [5.74, 6) is 0. The number of hydrogen-bond donors (Lipinski definition) is 0. The third-order valence-corrected chi connectivity index (χ3v) is 3.02. The van der Waals surface area contributed by atoms with E-state index < -0.39 is 0 Å². The maximum Gasteiger partial charge on any atom is 0.0253 e. The van der Waals surface area contributed by atoms with Crippen molar-refractivity contribution in [1.82, 2.24) is 0 Å². The molecule has 0 spiro atoms. The largest absolute Gasteiger partial charge is 0.0955 e. The molecule has 2 aromatic rings. The van der Waals surface area contributed by atoms with E-state index in [1.165, 1.54) is 16.3 Å². The molecule has 0 aromatic heterocycles. The normalized spacial score (nSPS) is 10.4. The minimum Gasteiger partial charge on any atom is -0.0955 e. The van der Waals surface area contributed by atoms with Crippen LogP contribution in [-0.2, 0) is 0 Å². The smallest absolute Gasteiger partial charge is 0.0253 e. The first-order valence-corrected chi connectivity index (χ1v) is 5.32. The van der Waals surface area contributed by atoms with E-state index >= 15 is 0 Å². The molecule has 0 nitrogen and oxygen atoms in total. The van der Waals surface area contributed by atoms with Gasteiger partial charge in [-0.1, -0.05) is 58.4 Å². The van der Waals surface area contributed by atoms with Crippen molar-refractivity contribution < 1.29 is 0 Å². The molecule has 0 saturated heterocycles. The van der Waals surface area contributed by atoms with E-state index in [-0.39, 0.29) is 0 Å². The maximum absolute atomic E-state index is 3.99. The molecular formula is C13H11Br. The molecule has 0 amide bonds. The average molecular weight is 247 g/mol. The Morgan fingerprint density at radius 3 is 2.43 bits per heavy atom. The van der Waals surface area contributed by atoms with Crippen LogP contribution in [0.25, 0.3) is 16.3 Å². The van der Waals surface area contributed by atoms with Crippen molar-refractivity contribution in [3.63, 3.8) is 0 Å². The molecule has 14 heavy (non-hydrogen) atoms. The van der Waals surface area contributed by atoms with Gasteiger partial charge >= 0.3 is 0 Å². The lowest BCUT2D eigenvalue weighted by Gasteiger charge is -2.06. The van der Waals surface area contributed by atoms with E-state index in [1.807, 2.05) is 6.92 Å². The van der Waals surface area contributed by atoms with Crippen molar-refractivity contribution in [1.29, 1.82) is 0 Å². The second-order valence-corrected chi connectivity index (χ2v) is 4.28. The fourth-order valence-corrected chi connectivity index (χ4v) is 2.14. The Labute approximate surface area is 92.4 Å². The van der Waals surface area contributed by atoms with Gasteiger partial charge in [-0.05, 0) is 29.3 Å². The summed E-state index contributed by atoms with van der Waals surface area (Å²) in [5, 5.41) is 2.50. The van der Waals surface area contributed by atoms with Crippen LogP contribution in [-0.4, -0.2) is 0 Å². The monoisotopic (exact) mass is 246 g/mol. The van der Waals surface area contributed by atoms with Gasteiger partial charge in [0.2, 0.25) is 0 Å². The third kappa shape index (κ3) is 1.48. The van der Waals surface area contributed by atoms with Gasteiger partial charge in [0.1, 0.15) is 0 Å². The summed E-state index contributed by atoms with van der Waals surface area (Å²) in [5.41, 5.74) is 2.33. The van der Waals surface area contributed by atoms with E-state index in [0.29, 0.717) is 0 Å². The highest BCUT2D eigenvalue weighted by Crippen LogP contribution is 2.28. The van der Waals surface area contributed by atoms with Crippen LogP contribution < -0.4 is 0 Å². The van der Waals surface area contributed by atoms with E-state index in [2.05, 4.69) is 58.9 Å². The zero-order valence-corrected chi connectivity index (χ0v) is 9.64. The van der Waals surface area contributed by atoms with Crippen LogP contribution >= 0.6 is 15.9 Å². The van der Waals surface area contributed by atoms with Gasteiger partial charge in [0.05, 0.1) is 0 Å². The third-order valence-electron chi connectivity index (χ3n) is 2.33. The Morgan fingerprint density at radius 2 is 1.71 bits per heavy atom. The van der Waals surface area contributed by atoms with Gasteiger partial charge in [0.15, 0.2) is 0 Å². The van der Waals surface area contributed by atoms with E-state index in [4.69, 9.17) is 0 Å². The van der Waals surface area contributed by atoms with Crippen LogP contribution in [0.3, 0.4) is 0 Å². The minimum atomic E-state index is 1.11. The van der Waals surface area contributed by atoms with Crippen LogP contribution in [0.4, 0.5) is 0 Å². The van der Waals surface area contributed by atoms with Crippen molar-refractivity contribution in [2.75, 3.05) is 0 Å². The zero-order valence-electron chi connectivity index (χ0n) is 8.05. The van der Waals surface area contributed by atoms with Crippen molar-refractivity contribution in [3.8, 4) is 0 Å². The van der Waals surface area contributed by atoms with Gasteiger partial charge in [-0.15, -0.1) is 0 Å². The van der Waals surface area contributed by atoms with Gasteiger partial charge < -0.3 is 0 Å². The number of rotatable bonds is 1. The highest BCUT2D eigenvalue weighted by Gasteiger charge is 2.02. The molecule has 0 atom stereocenters. The van der Waals surface area contributed by atoms with E-state index in [9.17, 15) is 0 Å². The highest BCUT2D eigenvalue weighted by atomic mass is 79.9. The van der Waals surface area contributed by atoms with Crippen molar-refractivity contribution in [2.24, 2.45) is 0 Å². The average Bonchev–Trinajstić information content (AvgIpc) is 2.17. The Morgan fingerprint density at radius 1 is 1.07 bits per heavy atom. The lowest BCUT2D eigenvalue weighted by atomic mass is 10.0. The maximum atomic E-state index is 3.99. The molecule has 0 N–H and O–H groups in total. The second kappa shape index (κ2) is 3.58. The van der Waals surface area contributed by atoms with Crippen LogP contribution in [0.2, 0.25) is 0 Å². The lowest BCUT2D eigenvalue weighted by Crippen LogP contribution is -1.82. The molecule has 2 aromatic carbocycles. The SMILES string of the molecule is C=C(C)c1cccc2c(Br)cccc12. The summed E-state index contributed by atoms with van der Waals surface area (Å²) in [6, 6.07) is 12.5. The Hall–Kier alpha value is -1.08. The zero-order chi connectivity index (χ0) is 10.1. The summed E-state index contributed by atoms with van der Waals surface area (Å²) in [4.78, 5) is 0. The van der Waals surface area contributed by atoms with Crippen molar-refractivity contribution in [2.45, 2.75) is 6.92 Å². The lowest BCUT2D eigenvalue weighted by molar-refractivity contribution is 1.62. The molecule has 0 fully saturated rings. The second-order valence-electron chi connectivity index (χ2n) is 3.42. The van der Waals surface area contributed by atoms with Crippen LogP contribution in [0.15, 0.2) is 47.4 Å². The predicted octanol–water partition coefficient (Wildman–Crippen LogP) is 4.64. The minimum absolute atomic E-state index is 1.11. The fraction of sp³-hybridized carbons (Fsp3) is 0.0769. The summed E-state index contributed by atoms with van der Waals surface area (Å²) in [6.45, 7) is 6.03. The molecule has 2 rings (SSSR count). The molecule has 0 heterocycles. The summed E-state index contributed by atoms with van der Waals surface area (Å²) < 4.78 is 1.14. The van der Waals surface area contributed by atoms with Crippen LogP contribution in [0.5, 0.6) is 0 Å². The highest BCUT2D eigenvalue weighted by molar-refractivity contribution is 9.10. The fourth-order valence-electron chi connectivity index (χ4n) is 1.64. The van der Waals surface area contributed by atoms with E-state index in [0.717, 1.165) is 10.0 Å². The number of hydrogen-bond acceptors (Lipinski definition) is 0. The molecule has 0 bridgehead atoms. The molecule has 0 radical (unpaired) electrons. The van der Waals surface area contributed by atoms with E-state index in [1.54, 1.807) is 0 Å². The number of allylic oxidation sites excluding steroid dienone is 1. The van der Waals surface area contributed by atoms with Crippen LogP contribution in [0, 0.1) is 0 Å². The van der Waals surface area contributed by atoms with Gasteiger partial charge in [0.25, 0.3) is 0 Å². The quantitative estimate of drug-likeness (QED) is 0.688. The molecule has 0 saturated carbocycles. The topological polar surface area (TPSA) is 0 Å². The first-order chi connectivity index (χ1) is 6.70. The first kappa shape index (κ1) is 9.47. The predicted molar refractivity (Wildman–Crippen MR) is 66.4 cm³/mol. The van der Waals surface area contributed by atoms with Crippen LogP contribution in [0.1, 0.15) is 12.5 Å². The Bertz CT molecular complexity index is 498. The van der Waals surface area contributed by atoms with Gasteiger partial charge in [-0.2, -0.15) is 0 Å². The number of fused-ring (bicyclic) bond motifs is 1. The molecule has 1 heteroatoms. The molecule has 0 aliphatic heterocycles. The molecule has 70 valence electrons. The molecule has 0 unspecified atom stereocenters. The van der Waals surface area contributed by atoms with Crippen molar-refractivity contribution >= 4 is 32.3 Å². The summed E-state index contributed by atoms with van der Waals surface area (Å²) in [7, 11) is 0. The van der Waals surface area contributed by atoms with Gasteiger partial charge in [0, 0.05) is 4.47 Å². The first-order valence-electron chi connectivity index (χ1n) is 4.53. The Balaban J connectivity index is 2.88. The van der Waals surface area contributed by atoms with Gasteiger partial charge in [-0.25, -0.2) is 0 Å². The molecule has 0 aliphatic rings. The summed E-state index contributed by atoms with van der Waals surface area (Å²) >= 11 is 3.55. The summed E-state index contributed by atoms with van der Waals surface area (Å²) in [6.07, 6.45) is 0. The number of halogens is 1. The standard InChI is InChI=1S/C13H11Br/c1-9(2)10-5-3-7-12-11(10)6-4-8-13(12)14/h3-8H,1H2,2H3.